The molecule has 1 aromatic carbocycles. The normalized spacial score (nSPS) is 33.1. The van der Waals surface area contributed by atoms with E-state index in [9.17, 15) is 0 Å². The minimum Gasteiger partial charge on any atom is -0.293 e. The van der Waals surface area contributed by atoms with E-state index in [1.54, 1.807) is 0 Å². The van der Waals surface area contributed by atoms with E-state index in [1.807, 2.05) is 0 Å². The van der Waals surface area contributed by atoms with Crippen molar-refractivity contribution in [3.8, 4) is 0 Å². The van der Waals surface area contributed by atoms with E-state index in [0.717, 1.165) is 30.5 Å². The molecule has 1 nitrogen and oxygen atoms in total. The minimum atomic E-state index is 0.802. The molecule has 0 spiro atoms. The van der Waals surface area contributed by atoms with Gasteiger partial charge in [-0.25, -0.2) is 0 Å². The van der Waals surface area contributed by atoms with Crippen molar-refractivity contribution in [1.82, 2.24) is 4.90 Å². The SMILES string of the molecule is CC(C)[C@@H]1C[C@H]2C[C@H]2N1Cc1ccccc1. The summed E-state index contributed by atoms with van der Waals surface area (Å²) in [4.78, 5) is 2.75. The van der Waals surface area contributed by atoms with E-state index in [4.69, 9.17) is 0 Å². The van der Waals surface area contributed by atoms with Crippen LogP contribution < -0.4 is 0 Å². The van der Waals surface area contributed by atoms with Gasteiger partial charge in [0.05, 0.1) is 0 Å². The first-order chi connectivity index (χ1) is 7.75. The Morgan fingerprint density at radius 1 is 1.19 bits per heavy atom. The van der Waals surface area contributed by atoms with Crippen LogP contribution in [0.25, 0.3) is 0 Å². The Morgan fingerprint density at radius 3 is 2.62 bits per heavy atom. The third kappa shape index (κ3) is 1.78. The van der Waals surface area contributed by atoms with Crippen LogP contribution in [0.5, 0.6) is 0 Å². The average Bonchev–Trinajstić information content (AvgIpc) is 2.97. The molecule has 1 aliphatic carbocycles. The van der Waals surface area contributed by atoms with E-state index in [0.29, 0.717) is 0 Å². The van der Waals surface area contributed by atoms with Gasteiger partial charge in [0.15, 0.2) is 0 Å². The van der Waals surface area contributed by atoms with Crippen LogP contribution >= 0.6 is 0 Å². The van der Waals surface area contributed by atoms with Gasteiger partial charge < -0.3 is 0 Å². The Kier molecular flexibility index (Phi) is 2.51. The average molecular weight is 215 g/mol. The zero-order valence-corrected chi connectivity index (χ0v) is 10.3. The van der Waals surface area contributed by atoms with E-state index >= 15 is 0 Å². The zero-order chi connectivity index (χ0) is 11.1. The van der Waals surface area contributed by atoms with Crippen LogP contribution in [0.1, 0.15) is 32.3 Å². The zero-order valence-electron chi connectivity index (χ0n) is 10.3. The van der Waals surface area contributed by atoms with Crippen molar-refractivity contribution in [2.24, 2.45) is 11.8 Å². The molecule has 0 bridgehead atoms. The fraction of sp³-hybridized carbons (Fsp3) is 0.600. The number of rotatable bonds is 3. The molecule has 0 unspecified atom stereocenters. The largest absolute Gasteiger partial charge is 0.293 e. The molecule has 3 rings (SSSR count). The van der Waals surface area contributed by atoms with Gasteiger partial charge in [0, 0.05) is 18.6 Å². The van der Waals surface area contributed by atoms with E-state index in [1.165, 1.54) is 18.4 Å². The fourth-order valence-corrected chi connectivity index (χ4v) is 3.27. The maximum absolute atomic E-state index is 2.75. The molecule has 16 heavy (non-hydrogen) atoms. The molecule has 2 fully saturated rings. The number of fused-ring (bicyclic) bond motifs is 1. The van der Waals surface area contributed by atoms with Crippen LogP contribution in [0.3, 0.4) is 0 Å². The van der Waals surface area contributed by atoms with Gasteiger partial charge in [0.2, 0.25) is 0 Å². The predicted molar refractivity (Wildman–Crippen MR) is 67.1 cm³/mol. The number of likely N-dealkylation sites (tertiary alicyclic amines) is 1. The number of nitrogens with zero attached hydrogens (tertiary/aromatic N) is 1. The molecule has 1 aromatic rings. The molecule has 86 valence electrons. The number of hydrogen-bond donors (Lipinski definition) is 0. The molecule has 2 aliphatic rings. The molecule has 3 atom stereocenters. The Hall–Kier alpha value is -0.820. The lowest BCUT2D eigenvalue weighted by Gasteiger charge is -2.30. The van der Waals surface area contributed by atoms with Crippen LogP contribution in [0.15, 0.2) is 30.3 Å². The van der Waals surface area contributed by atoms with Crippen LogP contribution in [0.4, 0.5) is 0 Å². The smallest absolute Gasteiger partial charge is 0.0239 e. The maximum atomic E-state index is 2.75. The Balaban J connectivity index is 1.73. The Bertz CT molecular complexity index is 357. The van der Waals surface area contributed by atoms with Gasteiger partial charge in [-0.15, -0.1) is 0 Å². The van der Waals surface area contributed by atoms with E-state index < -0.39 is 0 Å². The standard InChI is InChI=1S/C15H21N/c1-11(2)14-8-13-9-15(13)16(14)10-12-6-4-3-5-7-12/h3-7,11,13-15H,8-10H2,1-2H3/t13-,14-,15+/m0/s1. The van der Waals surface area contributed by atoms with Crippen molar-refractivity contribution in [3.63, 3.8) is 0 Å². The molecule has 0 aromatic heterocycles. The second-order valence-electron chi connectivity index (χ2n) is 5.77. The van der Waals surface area contributed by atoms with Crippen LogP contribution in [-0.4, -0.2) is 17.0 Å². The molecule has 1 heteroatoms. The van der Waals surface area contributed by atoms with Gasteiger partial charge in [0.25, 0.3) is 0 Å². The summed E-state index contributed by atoms with van der Waals surface area (Å²) in [5.41, 5.74) is 1.47. The second kappa shape index (κ2) is 3.89. The van der Waals surface area contributed by atoms with E-state index in [2.05, 4.69) is 49.1 Å². The lowest BCUT2D eigenvalue weighted by Crippen LogP contribution is -2.35. The highest BCUT2D eigenvalue weighted by Gasteiger charge is 2.52. The molecule has 1 aliphatic heterocycles. The summed E-state index contributed by atoms with van der Waals surface area (Å²) in [6, 6.07) is 12.7. The third-order valence-electron chi connectivity index (χ3n) is 4.26. The van der Waals surface area contributed by atoms with Gasteiger partial charge in [-0.1, -0.05) is 44.2 Å². The van der Waals surface area contributed by atoms with Gasteiger partial charge in [-0.3, -0.25) is 4.90 Å². The topological polar surface area (TPSA) is 3.24 Å². The van der Waals surface area contributed by atoms with Gasteiger partial charge in [-0.2, -0.15) is 0 Å². The molecule has 1 saturated carbocycles. The number of benzene rings is 1. The van der Waals surface area contributed by atoms with Crippen molar-refractivity contribution in [2.75, 3.05) is 0 Å². The lowest BCUT2D eigenvalue weighted by molar-refractivity contribution is 0.166. The highest BCUT2D eigenvalue weighted by molar-refractivity contribution is 5.17. The summed E-state index contributed by atoms with van der Waals surface area (Å²) < 4.78 is 0. The summed E-state index contributed by atoms with van der Waals surface area (Å²) in [5, 5.41) is 0. The first kappa shape index (κ1) is 10.3. The van der Waals surface area contributed by atoms with Gasteiger partial charge in [-0.05, 0) is 30.2 Å². The third-order valence-corrected chi connectivity index (χ3v) is 4.26. The highest BCUT2D eigenvalue weighted by Crippen LogP contribution is 2.50. The molecular weight excluding hydrogens is 194 g/mol. The van der Waals surface area contributed by atoms with Crippen LogP contribution in [-0.2, 0) is 6.54 Å². The maximum Gasteiger partial charge on any atom is 0.0239 e. The molecule has 1 saturated heterocycles. The second-order valence-corrected chi connectivity index (χ2v) is 5.77. The highest BCUT2D eigenvalue weighted by atomic mass is 15.3. The molecule has 0 N–H and O–H groups in total. The molecule has 1 heterocycles. The van der Waals surface area contributed by atoms with Gasteiger partial charge >= 0.3 is 0 Å². The monoisotopic (exact) mass is 215 g/mol. The van der Waals surface area contributed by atoms with Crippen LogP contribution in [0, 0.1) is 11.8 Å². The van der Waals surface area contributed by atoms with Crippen molar-refractivity contribution in [1.29, 1.82) is 0 Å². The first-order valence-corrected chi connectivity index (χ1v) is 6.55. The predicted octanol–water partition coefficient (Wildman–Crippen LogP) is 3.31. The van der Waals surface area contributed by atoms with Crippen molar-refractivity contribution in [2.45, 2.75) is 45.3 Å². The summed E-state index contributed by atoms with van der Waals surface area (Å²) in [5.74, 6) is 1.83. The summed E-state index contributed by atoms with van der Waals surface area (Å²) >= 11 is 0. The summed E-state index contributed by atoms with van der Waals surface area (Å²) in [6.45, 7) is 5.89. The van der Waals surface area contributed by atoms with Gasteiger partial charge in [0.1, 0.15) is 0 Å². The number of piperidine rings is 1. The van der Waals surface area contributed by atoms with Crippen molar-refractivity contribution < 1.29 is 0 Å². The number of hydrogen-bond acceptors (Lipinski definition) is 1. The molecule has 0 amide bonds. The molecule has 0 radical (unpaired) electrons. The lowest BCUT2D eigenvalue weighted by atomic mass is 9.99. The first-order valence-electron chi connectivity index (χ1n) is 6.55. The summed E-state index contributed by atoms with van der Waals surface area (Å²) in [7, 11) is 0. The van der Waals surface area contributed by atoms with Crippen molar-refractivity contribution in [3.05, 3.63) is 35.9 Å². The van der Waals surface area contributed by atoms with E-state index in [-0.39, 0.29) is 0 Å². The fourth-order valence-electron chi connectivity index (χ4n) is 3.27. The Morgan fingerprint density at radius 2 is 1.94 bits per heavy atom. The quantitative estimate of drug-likeness (QED) is 0.747. The van der Waals surface area contributed by atoms with Crippen molar-refractivity contribution >= 4 is 0 Å². The Labute approximate surface area is 98.5 Å². The van der Waals surface area contributed by atoms with Crippen LogP contribution in [0.2, 0.25) is 0 Å². The summed E-state index contributed by atoms with van der Waals surface area (Å²) in [6.07, 6.45) is 2.89. The molecular formula is C15H21N. The minimum absolute atomic E-state index is 0.802.